The van der Waals surface area contributed by atoms with Crippen molar-refractivity contribution in [3.63, 3.8) is 0 Å². The van der Waals surface area contributed by atoms with E-state index in [0.29, 0.717) is 6.54 Å². The smallest absolute Gasteiger partial charge is 0.137 e. The molecule has 1 atom stereocenters. The SMILES string of the molecule is Cc1cccc2nc(-c3ccc(F)cc3)c(C(C)CN)n12. The number of hydrogen-bond acceptors (Lipinski definition) is 2. The first-order chi connectivity index (χ1) is 10.1. The van der Waals surface area contributed by atoms with Crippen LogP contribution in [-0.4, -0.2) is 15.9 Å². The number of nitrogens with two attached hydrogens (primary N) is 1. The van der Waals surface area contributed by atoms with Crippen molar-refractivity contribution in [3.05, 3.63) is 59.7 Å². The number of benzene rings is 1. The summed E-state index contributed by atoms with van der Waals surface area (Å²) in [6.45, 7) is 4.68. The third-order valence-corrected chi connectivity index (χ3v) is 3.81. The summed E-state index contributed by atoms with van der Waals surface area (Å²) in [5.41, 5.74) is 10.8. The number of aromatic nitrogens is 2. The summed E-state index contributed by atoms with van der Waals surface area (Å²) in [7, 11) is 0. The van der Waals surface area contributed by atoms with Gasteiger partial charge in [0, 0.05) is 23.7 Å². The van der Waals surface area contributed by atoms with Gasteiger partial charge in [-0.15, -0.1) is 0 Å². The van der Waals surface area contributed by atoms with Crippen molar-refractivity contribution < 1.29 is 4.39 Å². The highest BCUT2D eigenvalue weighted by molar-refractivity contribution is 5.67. The van der Waals surface area contributed by atoms with E-state index in [1.165, 1.54) is 12.1 Å². The molecule has 0 spiro atoms. The minimum atomic E-state index is -0.243. The highest BCUT2D eigenvalue weighted by Crippen LogP contribution is 2.30. The monoisotopic (exact) mass is 283 g/mol. The molecule has 3 nitrogen and oxygen atoms in total. The summed E-state index contributed by atoms with van der Waals surface area (Å²) in [6.07, 6.45) is 0. The second kappa shape index (κ2) is 5.30. The summed E-state index contributed by atoms with van der Waals surface area (Å²) in [5, 5.41) is 0. The summed E-state index contributed by atoms with van der Waals surface area (Å²) < 4.78 is 15.3. The normalized spacial score (nSPS) is 12.8. The summed E-state index contributed by atoms with van der Waals surface area (Å²) >= 11 is 0. The van der Waals surface area contributed by atoms with Gasteiger partial charge in [0.05, 0.1) is 11.4 Å². The minimum Gasteiger partial charge on any atom is -0.330 e. The molecule has 0 aliphatic heterocycles. The molecule has 108 valence electrons. The second-order valence-corrected chi connectivity index (χ2v) is 5.35. The van der Waals surface area contributed by atoms with Crippen LogP contribution < -0.4 is 5.73 Å². The van der Waals surface area contributed by atoms with Gasteiger partial charge in [-0.25, -0.2) is 9.37 Å². The van der Waals surface area contributed by atoms with E-state index >= 15 is 0 Å². The predicted octanol–water partition coefficient (Wildman–Crippen LogP) is 3.51. The van der Waals surface area contributed by atoms with Crippen LogP contribution in [-0.2, 0) is 0 Å². The van der Waals surface area contributed by atoms with Gasteiger partial charge in [-0.1, -0.05) is 13.0 Å². The Morgan fingerprint density at radius 3 is 2.57 bits per heavy atom. The van der Waals surface area contributed by atoms with Gasteiger partial charge in [0.2, 0.25) is 0 Å². The van der Waals surface area contributed by atoms with Crippen LogP contribution in [0.2, 0.25) is 0 Å². The average Bonchev–Trinajstić information content (AvgIpc) is 2.88. The molecule has 0 saturated heterocycles. The third-order valence-electron chi connectivity index (χ3n) is 3.81. The van der Waals surface area contributed by atoms with E-state index in [9.17, 15) is 4.39 Å². The van der Waals surface area contributed by atoms with E-state index < -0.39 is 0 Å². The lowest BCUT2D eigenvalue weighted by Crippen LogP contribution is -2.12. The maximum absolute atomic E-state index is 13.2. The standard InChI is InChI=1S/C17H18FN3/c1-11(10-19)17-16(13-6-8-14(18)9-7-13)20-15-5-3-4-12(2)21(15)17/h3-9,11H,10,19H2,1-2H3. The van der Waals surface area contributed by atoms with Gasteiger partial charge in [0.25, 0.3) is 0 Å². The highest BCUT2D eigenvalue weighted by atomic mass is 19.1. The lowest BCUT2D eigenvalue weighted by molar-refractivity contribution is 0.628. The zero-order valence-corrected chi connectivity index (χ0v) is 12.2. The Hall–Kier alpha value is -2.20. The van der Waals surface area contributed by atoms with Crippen molar-refractivity contribution in [1.82, 2.24) is 9.38 Å². The topological polar surface area (TPSA) is 43.3 Å². The molecule has 0 aliphatic carbocycles. The molecule has 0 amide bonds. The van der Waals surface area contributed by atoms with Crippen molar-refractivity contribution in [2.45, 2.75) is 19.8 Å². The van der Waals surface area contributed by atoms with E-state index in [4.69, 9.17) is 10.7 Å². The molecule has 3 rings (SSSR count). The number of pyridine rings is 1. The molecule has 3 aromatic rings. The number of aryl methyl sites for hydroxylation is 1. The zero-order valence-electron chi connectivity index (χ0n) is 12.2. The van der Waals surface area contributed by atoms with Gasteiger partial charge >= 0.3 is 0 Å². The Morgan fingerprint density at radius 2 is 1.90 bits per heavy atom. The maximum atomic E-state index is 13.2. The van der Waals surface area contributed by atoms with Crippen LogP contribution in [0.5, 0.6) is 0 Å². The predicted molar refractivity (Wildman–Crippen MR) is 82.8 cm³/mol. The van der Waals surface area contributed by atoms with Crippen LogP contribution in [0.25, 0.3) is 16.9 Å². The van der Waals surface area contributed by atoms with Crippen LogP contribution >= 0.6 is 0 Å². The maximum Gasteiger partial charge on any atom is 0.137 e. The fourth-order valence-corrected chi connectivity index (χ4v) is 2.67. The fraction of sp³-hybridized carbons (Fsp3) is 0.235. The van der Waals surface area contributed by atoms with Crippen molar-refractivity contribution in [2.75, 3.05) is 6.54 Å². The Morgan fingerprint density at radius 1 is 1.19 bits per heavy atom. The van der Waals surface area contributed by atoms with Gasteiger partial charge < -0.3 is 10.1 Å². The fourth-order valence-electron chi connectivity index (χ4n) is 2.67. The van der Waals surface area contributed by atoms with Crippen molar-refractivity contribution in [1.29, 1.82) is 0 Å². The average molecular weight is 283 g/mol. The molecular weight excluding hydrogens is 265 g/mol. The van der Waals surface area contributed by atoms with Crippen LogP contribution in [0.4, 0.5) is 4.39 Å². The summed E-state index contributed by atoms with van der Waals surface area (Å²) in [4.78, 5) is 4.73. The van der Waals surface area contributed by atoms with E-state index in [1.807, 2.05) is 12.1 Å². The van der Waals surface area contributed by atoms with Crippen molar-refractivity contribution in [2.24, 2.45) is 5.73 Å². The van der Waals surface area contributed by atoms with E-state index in [1.54, 1.807) is 12.1 Å². The van der Waals surface area contributed by atoms with Crippen molar-refractivity contribution >= 4 is 5.65 Å². The van der Waals surface area contributed by atoms with Gasteiger partial charge in [0.15, 0.2) is 0 Å². The quantitative estimate of drug-likeness (QED) is 0.799. The number of hydrogen-bond donors (Lipinski definition) is 1. The number of nitrogens with zero attached hydrogens (tertiary/aromatic N) is 2. The van der Waals surface area contributed by atoms with Crippen LogP contribution in [0.3, 0.4) is 0 Å². The molecule has 2 heterocycles. The summed E-state index contributed by atoms with van der Waals surface area (Å²) in [6, 6.07) is 12.5. The van der Waals surface area contributed by atoms with Gasteiger partial charge in [0.1, 0.15) is 11.5 Å². The molecule has 4 heteroatoms. The molecule has 2 N–H and O–H groups in total. The van der Waals surface area contributed by atoms with Crippen LogP contribution in [0.15, 0.2) is 42.5 Å². The van der Waals surface area contributed by atoms with Crippen LogP contribution in [0.1, 0.15) is 24.2 Å². The molecular formula is C17H18FN3. The van der Waals surface area contributed by atoms with E-state index in [-0.39, 0.29) is 11.7 Å². The summed E-state index contributed by atoms with van der Waals surface area (Å²) in [5.74, 6) is -0.0757. The lowest BCUT2D eigenvalue weighted by Gasteiger charge is -2.13. The lowest BCUT2D eigenvalue weighted by atomic mass is 10.0. The zero-order chi connectivity index (χ0) is 15.0. The number of halogens is 1. The molecule has 0 radical (unpaired) electrons. The first-order valence-electron chi connectivity index (χ1n) is 7.05. The number of imidazole rings is 1. The first-order valence-corrected chi connectivity index (χ1v) is 7.05. The number of fused-ring (bicyclic) bond motifs is 1. The second-order valence-electron chi connectivity index (χ2n) is 5.35. The van der Waals surface area contributed by atoms with Crippen LogP contribution in [0, 0.1) is 12.7 Å². The highest BCUT2D eigenvalue weighted by Gasteiger charge is 2.19. The van der Waals surface area contributed by atoms with Gasteiger partial charge in [-0.2, -0.15) is 0 Å². The Labute approximate surface area is 123 Å². The van der Waals surface area contributed by atoms with Crippen molar-refractivity contribution in [3.8, 4) is 11.3 Å². The molecule has 21 heavy (non-hydrogen) atoms. The van der Waals surface area contributed by atoms with E-state index in [2.05, 4.69) is 24.3 Å². The molecule has 1 unspecified atom stereocenters. The Bertz CT molecular complexity index is 775. The Kier molecular flexibility index (Phi) is 3.47. The number of rotatable bonds is 3. The van der Waals surface area contributed by atoms with Gasteiger partial charge in [-0.05, 0) is 43.3 Å². The Balaban J connectivity index is 2.31. The molecule has 2 aromatic heterocycles. The first kappa shape index (κ1) is 13.8. The third kappa shape index (κ3) is 2.32. The largest absolute Gasteiger partial charge is 0.330 e. The minimum absolute atomic E-state index is 0.168. The van der Waals surface area contributed by atoms with E-state index in [0.717, 1.165) is 28.3 Å². The molecule has 0 bridgehead atoms. The molecule has 1 aromatic carbocycles. The molecule has 0 aliphatic rings. The van der Waals surface area contributed by atoms with Gasteiger partial charge in [-0.3, -0.25) is 0 Å². The molecule has 0 fully saturated rings. The molecule has 0 saturated carbocycles.